The summed E-state index contributed by atoms with van der Waals surface area (Å²) < 4.78 is 7.09. The number of nitrogens with zero attached hydrogens (tertiary/aromatic N) is 4. The molecule has 3 rings (SSSR count). The van der Waals surface area contributed by atoms with Crippen molar-refractivity contribution < 1.29 is 9.57 Å². The maximum Gasteiger partial charge on any atom is 0.280 e. The number of nitrogens with one attached hydrogen (secondary N) is 1. The normalized spacial score (nSPS) is 11.8. The van der Waals surface area contributed by atoms with Gasteiger partial charge in [-0.3, -0.25) is 14.3 Å². The van der Waals surface area contributed by atoms with Crippen LogP contribution in [0.1, 0.15) is 12.5 Å². The van der Waals surface area contributed by atoms with Crippen LogP contribution in [-0.2, 0) is 16.3 Å². The fourth-order valence-corrected chi connectivity index (χ4v) is 2.20. The van der Waals surface area contributed by atoms with E-state index >= 15 is 0 Å². The molecule has 25 heavy (non-hydrogen) atoms. The highest BCUT2D eigenvalue weighted by molar-refractivity contribution is 5.98. The Bertz CT molecular complexity index is 932. The van der Waals surface area contributed by atoms with Crippen molar-refractivity contribution in [1.29, 1.82) is 0 Å². The van der Waals surface area contributed by atoms with Gasteiger partial charge in [-0.05, 0) is 12.5 Å². The predicted octanol–water partition coefficient (Wildman–Crippen LogP) is 1.12. The number of imidazole rings is 1. The number of ether oxygens (including phenoxy) is 1. The molecule has 0 spiro atoms. The fraction of sp³-hybridized carbons (Fsp3) is 0.250. The molecule has 3 aromatic rings. The number of nitrogen functional groups attached to an aromatic ring is 1. The maximum atomic E-state index is 11.7. The fourth-order valence-electron chi connectivity index (χ4n) is 2.20. The van der Waals surface area contributed by atoms with E-state index < -0.39 is 0 Å². The van der Waals surface area contributed by atoms with Gasteiger partial charge in [-0.1, -0.05) is 35.5 Å². The molecular formula is C16H18N6O3. The molecule has 0 bridgehead atoms. The van der Waals surface area contributed by atoms with Gasteiger partial charge in [0.25, 0.3) is 5.56 Å². The highest BCUT2D eigenvalue weighted by Crippen LogP contribution is 2.06. The molecule has 0 fully saturated rings. The molecule has 0 atom stereocenters. The Balaban J connectivity index is 1.49. The van der Waals surface area contributed by atoms with Gasteiger partial charge in [-0.15, -0.1) is 0 Å². The van der Waals surface area contributed by atoms with E-state index in [-0.39, 0.29) is 23.8 Å². The summed E-state index contributed by atoms with van der Waals surface area (Å²) in [6.45, 7) is 2.68. The molecule has 0 amide bonds. The standard InChI is InChI=1S/C16H18N6O3/c1-11(12-5-3-2-4-6-12)21-25-8-7-24-10-22-9-18-13-14(22)19-16(17)20-15(13)23/h2-6,9H,7-8,10H2,1H3,(H3,17,19,20,23)/b21-11+. The quantitative estimate of drug-likeness (QED) is 0.377. The molecule has 3 N–H and O–H groups in total. The van der Waals surface area contributed by atoms with E-state index in [4.69, 9.17) is 15.3 Å². The number of rotatable bonds is 7. The van der Waals surface area contributed by atoms with Crippen LogP contribution < -0.4 is 11.3 Å². The minimum absolute atomic E-state index is 0.0355. The summed E-state index contributed by atoms with van der Waals surface area (Å²) in [7, 11) is 0. The molecule has 2 heterocycles. The Kier molecular flexibility index (Phi) is 5.05. The first-order chi connectivity index (χ1) is 12.1. The molecule has 0 unspecified atom stereocenters. The van der Waals surface area contributed by atoms with Crippen molar-refractivity contribution in [3.8, 4) is 0 Å². The lowest BCUT2D eigenvalue weighted by Crippen LogP contribution is -2.13. The van der Waals surface area contributed by atoms with Crippen LogP contribution in [0.3, 0.4) is 0 Å². The molecule has 2 aromatic heterocycles. The average molecular weight is 342 g/mol. The minimum Gasteiger partial charge on any atom is -0.393 e. The Morgan fingerprint density at radius 3 is 2.92 bits per heavy atom. The van der Waals surface area contributed by atoms with Gasteiger partial charge in [-0.2, -0.15) is 4.98 Å². The van der Waals surface area contributed by atoms with E-state index in [1.54, 1.807) is 4.57 Å². The number of anilines is 1. The number of fused-ring (bicyclic) bond motifs is 1. The van der Waals surface area contributed by atoms with Crippen LogP contribution in [0.5, 0.6) is 0 Å². The molecule has 0 saturated carbocycles. The van der Waals surface area contributed by atoms with Gasteiger partial charge >= 0.3 is 0 Å². The lowest BCUT2D eigenvalue weighted by molar-refractivity contribution is 0.0218. The first-order valence-electron chi connectivity index (χ1n) is 7.65. The van der Waals surface area contributed by atoms with Crippen molar-refractivity contribution in [3.05, 3.63) is 52.6 Å². The van der Waals surface area contributed by atoms with Gasteiger partial charge in [0.05, 0.1) is 18.6 Å². The van der Waals surface area contributed by atoms with Crippen molar-refractivity contribution in [1.82, 2.24) is 19.5 Å². The van der Waals surface area contributed by atoms with E-state index in [9.17, 15) is 4.79 Å². The molecular weight excluding hydrogens is 324 g/mol. The Labute approximate surface area is 143 Å². The van der Waals surface area contributed by atoms with Gasteiger partial charge in [0.15, 0.2) is 11.2 Å². The highest BCUT2D eigenvalue weighted by atomic mass is 16.6. The van der Waals surface area contributed by atoms with Gasteiger partial charge < -0.3 is 15.3 Å². The number of oxime groups is 1. The molecule has 0 aliphatic heterocycles. The second-order valence-corrected chi connectivity index (χ2v) is 5.25. The van der Waals surface area contributed by atoms with Crippen LogP contribution in [0, 0.1) is 0 Å². The maximum absolute atomic E-state index is 11.7. The topological polar surface area (TPSA) is 120 Å². The minimum atomic E-state index is -0.379. The molecule has 0 radical (unpaired) electrons. The molecule has 9 heteroatoms. The Morgan fingerprint density at radius 2 is 2.12 bits per heavy atom. The molecule has 9 nitrogen and oxygen atoms in total. The van der Waals surface area contributed by atoms with Crippen LogP contribution in [0.25, 0.3) is 11.2 Å². The van der Waals surface area contributed by atoms with E-state index in [1.807, 2.05) is 37.3 Å². The Hall–Kier alpha value is -3.20. The van der Waals surface area contributed by atoms with Gasteiger partial charge in [0.2, 0.25) is 5.95 Å². The predicted molar refractivity (Wildman–Crippen MR) is 93.1 cm³/mol. The molecule has 130 valence electrons. The van der Waals surface area contributed by atoms with Crippen molar-refractivity contribution in [2.45, 2.75) is 13.7 Å². The zero-order valence-electron chi connectivity index (χ0n) is 13.7. The molecule has 1 aromatic carbocycles. The lowest BCUT2D eigenvalue weighted by atomic mass is 10.1. The van der Waals surface area contributed by atoms with Crippen molar-refractivity contribution >= 4 is 22.8 Å². The molecule has 0 aliphatic rings. The van der Waals surface area contributed by atoms with Crippen LogP contribution in [0.15, 0.2) is 46.6 Å². The summed E-state index contributed by atoms with van der Waals surface area (Å²) in [6.07, 6.45) is 1.48. The summed E-state index contributed by atoms with van der Waals surface area (Å²) in [5.41, 5.74) is 7.55. The third kappa shape index (κ3) is 4.01. The molecule has 0 saturated heterocycles. The number of aromatic nitrogens is 4. The van der Waals surface area contributed by atoms with E-state index in [2.05, 4.69) is 20.1 Å². The summed E-state index contributed by atoms with van der Waals surface area (Å²) in [6, 6.07) is 9.76. The number of H-pyrrole nitrogens is 1. The van der Waals surface area contributed by atoms with Crippen LogP contribution in [0.4, 0.5) is 5.95 Å². The summed E-state index contributed by atoms with van der Waals surface area (Å²) in [5.74, 6) is 0.0355. The van der Waals surface area contributed by atoms with Crippen molar-refractivity contribution in [3.63, 3.8) is 0 Å². The van der Waals surface area contributed by atoms with Gasteiger partial charge in [0, 0.05) is 0 Å². The monoisotopic (exact) mass is 342 g/mol. The first-order valence-corrected chi connectivity index (χ1v) is 7.65. The Morgan fingerprint density at radius 1 is 1.32 bits per heavy atom. The van der Waals surface area contributed by atoms with Crippen LogP contribution in [-0.4, -0.2) is 38.4 Å². The molecule has 0 aliphatic carbocycles. The average Bonchev–Trinajstić information content (AvgIpc) is 3.01. The number of hydrogen-bond acceptors (Lipinski definition) is 7. The highest BCUT2D eigenvalue weighted by Gasteiger charge is 2.08. The second kappa shape index (κ2) is 7.58. The van der Waals surface area contributed by atoms with E-state index in [0.29, 0.717) is 18.9 Å². The van der Waals surface area contributed by atoms with Gasteiger partial charge in [0.1, 0.15) is 13.3 Å². The summed E-state index contributed by atoms with van der Waals surface area (Å²) in [4.78, 5) is 27.4. The number of aromatic amines is 1. The number of benzene rings is 1. The number of hydrogen-bond donors (Lipinski definition) is 2. The van der Waals surface area contributed by atoms with Crippen LogP contribution in [0.2, 0.25) is 0 Å². The van der Waals surface area contributed by atoms with Crippen molar-refractivity contribution in [2.24, 2.45) is 5.16 Å². The number of nitrogens with two attached hydrogens (primary N) is 1. The van der Waals surface area contributed by atoms with Crippen molar-refractivity contribution in [2.75, 3.05) is 18.9 Å². The first kappa shape index (κ1) is 16.7. The van der Waals surface area contributed by atoms with Crippen LogP contribution >= 0.6 is 0 Å². The zero-order chi connectivity index (χ0) is 17.6. The third-order valence-corrected chi connectivity index (χ3v) is 3.44. The third-order valence-electron chi connectivity index (χ3n) is 3.44. The summed E-state index contributed by atoms with van der Waals surface area (Å²) >= 11 is 0. The largest absolute Gasteiger partial charge is 0.393 e. The van der Waals surface area contributed by atoms with E-state index in [1.165, 1.54) is 6.33 Å². The second-order valence-electron chi connectivity index (χ2n) is 5.25. The lowest BCUT2D eigenvalue weighted by Gasteiger charge is -2.06. The van der Waals surface area contributed by atoms with Gasteiger partial charge in [-0.25, -0.2) is 4.98 Å². The van der Waals surface area contributed by atoms with E-state index in [0.717, 1.165) is 11.3 Å². The smallest absolute Gasteiger partial charge is 0.280 e. The zero-order valence-corrected chi connectivity index (χ0v) is 13.7. The SMILES string of the molecule is C/C(=N\OCCOCn1cnc2c(=O)[nH]c(N)nc21)c1ccccc1. The summed E-state index contributed by atoms with van der Waals surface area (Å²) in [5, 5.41) is 4.05.